The Labute approximate surface area is 102 Å². The van der Waals surface area contributed by atoms with E-state index in [0.717, 1.165) is 12.8 Å². The molecule has 0 aromatic heterocycles. The number of hydrogen-bond donors (Lipinski definition) is 1. The summed E-state index contributed by atoms with van der Waals surface area (Å²) < 4.78 is 9.95. The summed E-state index contributed by atoms with van der Waals surface area (Å²) in [5, 5.41) is 2.70. The predicted molar refractivity (Wildman–Crippen MR) is 62.4 cm³/mol. The molecule has 0 aliphatic carbocycles. The first-order valence-corrected chi connectivity index (χ1v) is 6.04. The molecule has 1 unspecified atom stereocenters. The molecular formula is C12H21NO4. The molecule has 1 heterocycles. The average Bonchev–Trinajstić information content (AvgIpc) is 2.79. The van der Waals surface area contributed by atoms with E-state index >= 15 is 0 Å². The molecule has 17 heavy (non-hydrogen) atoms. The van der Waals surface area contributed by atoms with E-state index in [9.17, 15) is 9.59 Å². The molecule has 98 valence electrons. The SMILES string of the molecule is COC(=O)C(CC(C)C)NC(=O)[C@H]1CCCO1. The Kier molecular flexibility index (Phi) is 5.41. The Morgan fingerprint density at radius 1 is 1.47 bits per heavy atom. The lowest BCUT2D eigenvalue weighted by atomic mass is 10.0. The van der Waals surface area contributed by atoms with Crippen molar-refractivity contribution in [3.05, 3.63) is 0 Å². The Balaban J connectivity index is 2.52. The number of hydrogen-bond acceptors (Lipinski definition) is 4. The van der Waals surface area contributed by atoms with E-state index in [1.807, 2.05) is 13.8 Å². The Morgan fingerprint density at radius 2 is 2.18 bits per heavy atom. The van der Waals surface area contributed by atoms with Crippen LogP contribution in [0.1, 0.15) is 33.1 Å². The van der Waals surface area contributed by atoms with E-state index in [-0.39, 0.29) is 5.91 Å². The summed E-state index contributed by atoms with van der Waals surface area (Å²) in [6.45, 7) is 4.60. The van der Waals surface area contributed by atoms with Crippen molar-refractivity contribution >= 4 is 11.9 Å². The molecule has 0 aromatic rings. The molecule has 5 nitrogen and oxygen atoms in total. The van der Waals surface area contributed by atoms with Gasteiger partial charge in [-0.3, -0.25) is 4.79 Å². The van der Waals surface area contributed by atoms with Gasteiger partial charge in [0.15, 0.2) is 0 Å². The minimum atomic E-state index is -0.573. The van der Waals surface area contributed by atoms with E-state index in [1.54, 1.807) is 0 Å². The maximum atomic E-state index is 11.8. The van der Waals surface area contributed by atoms with Crippen molar-refractivity contribution in [1.82, 2.24) is 5.32 Å². The largest absolute Gasteiger partial charge is 0.467 e. The van der Waals surface area contributed by atoms with E-state index in [0.29, 0.717) is 18.9 Å². The topological polar surface area (TPSA) is 64.6 Å². The fourth-order valence-corrected chi connectivity index (χ4v) is 1.88. The summed E-state index contributed by atoms with van der Waals surface area (Å²) in [6, 6.07) is -0.573. The molecule has 1 saturated heterocycles. The fourth-order valence-electron chi connectivity index (χ4n) is 1.88. The van der Waals surface area contributed by atoms with E-state index in [4.69, 9.17) is 4.74 Å². The lowest BCUT2D eigenvalue weighted by Gasteiger charge is -2.20. The van der Waals surface area contributed by atoms with Crippen molar-refractivity contribution in [1.29, 1.82) is 0 Å². The monoisotopic (exact) mass is 243 g/mol. The van der Waals surface area contributed by atoms with Crippen LogP contribution in [0.3, 0.4) is 0 Å². The van der Waals surface area contributed by atoms with Crippen molar-refractivity contribution in [3.63, 3.8) is 0 Å². The molecule has 1 aliphatic heterocycles. The molecule has 1 amide bonds. The van der Waals surface area contributed by atoms with Crippen LogP contribution in [0, 0.1) is 5.92 Å². The number of esters is 1. The van der Waals surface area contributed by atoms with Crippen molar-refractivity contribution in [3.8, 4) is 0 Å². The van der Waals surface area contributed by atoms with Crippen LogP contribution in [0.5, 0.6) is 0 Å². The van der Waals surface area contributed by atoms with Gasteiger partial charge < -0.3 is 14.8 Å². The minimum absolute atomic E-state index is 0.210. The molecule has 1 rings (SSSR count). The molecule has 2 atom stereocenters. The molecule has 1 N–H and O–H groups in total. The fraction of sp³-hybridized carbons (Fsp3) is 0.833. The molecule has 1 fully saturated rings. The highest BCUT2D eigenvalue weighted by Gasteiger charge is 2.29. The van der Waals surface area contributed by atoms with Gasteiger partial charge in [0.25, 0.3) is 0 Å². The van der Waals surface area contributed by atoms with Gasteiger partial charge in [-0.1, -0.05) is 13.8 Å². The number of carbonyl (C=O) groups is 2. The lowest BCUT2D eigenvalue weighted by Crippen LogP contribution is -2.46. The molecule has 0 saturated carbocycles. The number of ether oxygens (including phenoxy) is 2. The van der Waals surface area contributed by atoms with Crippen LogP contribution in [0.4, 0.5) is 0 Å². The van der Waals surface area contributed by atoms with Gasteiger partial charge in [-0.05, 0) is 25.2 Å². The van der Waals surface area contributed by atoms with Gasteiger partial charge in [0.05, 0.1) is 7.11 Å². The van der Waals surface area contributed by atoms with Crippen LogP contribution in [-0.2, 0) is 19.1 Å². The molecule has 0 aromatic carbocycles. The smallest absolute Gasteiger partial charge is 0.328 e. The standard InChI is InChI=1S/C12H21NO4/c1-8(2)7-9(12(15)16-3)13-11(14)10-5-4-6-17-10/h8-10H,4-7H2,1-3H3,(H,13,14)/t9?,10-/m1/s1. The summed E-state index contributed by atoms with van der Waals surface area (Å²) in [4.78, 5) is 23.3. The quantitative estimate of drug-likeness (QED) is 0.728. The van der Waals surface area contributed by atoms with Crippen LogP contribution < -0.4 is 5.32 Å². The zero-order chi connectivity index (χ0) is 12.8. The van der Waals surface area contributed by atoms with Crippen LogP contribution in [-0.4, -0.2) is 37.7 Å². The number of carbonyl (C=O) groups excluding carboxylic acids is 2. The van der Waals surface area contributed by atoms with Gasteiger partial charge in [-0.2, -0.15) is 0 Å². The molecule has 0 bridgehead atoms. The van der Waals surface area contributed by atoms with Crippen LogP contribution in [0.15, 0.2) is 0 Å². The molecular weight excluding hydrogens is 222 g/mol. The summed E-state index contributed by atoms with van der Waals surface area (Å²) >= 11 is 0. The zero-order valence-electron chi connectivity index (χ0n) is 10.7. The zero-order valence-corrected chi connectivity index (χ0v) is 10.7. The highest BCUT2D eigenvalue weighted by Crippen LogP contribution is 2.13. The summed E-state index contributed by atoms with van der Waals surface area (Å²) in [5.41, 5.74) is 0. The normalized spacial score (nSPS) is 21.3. The number of amides is 1. The van der Waals surface area contributed by atoms with Gasteiger partial charge >= 0.3 is 5.97 Å². The van der Waals surface area contributed by atoms with Crippen molar-refractivity contribution in [2.75, 3.05) is 13.7 Å². The van der Waals surface area contributed by atoms with Gasteiger partial charge in [0.2, 0.25) is 5.91 Å². The second kappa shape index (κ2) is 6.59. The van der Waals surface area contributed by atoms with Crippen LogP contribution >= 0.6 is 0 Å². The van der Waals surface area contributed by atoms with Crippen LogP contribution in [0.2, 0.25) is 0 Å². The van der Waals surface area contributed by atoms with Gasteiger partial charge in [0, 0.05) is 6.61 Å². The Bertz CT molecular complexity index is 272. The first-order chi connectivity index (χ1) is 8.04. The Hall–Kier alpha value is -1.10. The molecule has 5 heteroatoms. The number of rotatable bonds is 5. The van der Waals surface area contributed by atoms with Gasteiger partial charge in [-0.25, -0.2) is 4.79 Å². The molecule has 1 aliphatic rings. The second-order valence-electron chi connectivity index (χ2n) is 4.72. The van der Waals surface area contributed by atoms with Crippen molar-refractivity contribution in [2.45, 2.75) is 45.3 Å². The average molecular weight is 243 g/mol. The van der Waals surface area contributed by atoms with Crippen molar-refractivity contribution < 1.29 is 19.1 Å². The summed E-state index contributed by atoms with van der Waals surface area (Å²) in [7, 11) is 1.33. The second-order valence-corrected chi connectivity index (χ2v) is 4.72. The number of nitrogens with one attached hydrogen (secondary N) is 1. The highest BCUT2D eigenvalue weighted by atomic mass is 16.5. The van der Waals surface area contributed by atoms with Crippen molar-refractivity contribution in [2.24, 2.45) is 5.92 Å². The molecule has 0 spiro atoms. The maximum absolute atomic E-state index is 11.8. The summed E-state index contributed by atoms with van der Waals surface area (Å²) in [6.07, 6.45) is 1.78. The first kappa shape index (κ1) is 14.0. The van der Waals surface area contributed by atoms with E-state index in [2.05, 4.69) is 10.1 Å². The van der Waals surface area contributed by atoms with Gasteiger partial charge in [-0.15, -0.1) is 0 Å². The lowest BCUT2D eigenvalue weighted by molar-refractivity contribution is -0.146. The predicted octanol–water partition coefficient (Wildman–Crippen LogP) is 0.869. The van der Waals surface area contributed by atoms with Crippen LogP contribution in [0.25, 0.3) is 0 Å². The first-order valence-electron chi connectivity index (χ1n) is 6.04. The van der Waals surface area contributed by atoms with E-state index in [1.165, 1.54) is 7.11 Å². The Morgan fingerprint density at radius 3 is 2.65 bits per heavy atom. The maximum Gasteiger partial charge on any atom is 0.328 e. The molecule has 0 radical (unpaired) electrons. The number of methoxy groups -OCH3 is 1. The van der Waals surface area contributed by atoms with Gasteiger partial charge in [0.1, 0.15) is 12.1 Å². The third-order valence-electron chi connectivity index (χ3n) is 2.73. The minimum Gasteiger partial charge on any atom is -0.467 e. The van der Waals surface area contributed by atoms with E-state index < -0.39 is 18.1 Å². The summed E-state index contributed by atoms with van der Waals surface area (Å²) in [5.74, 6) is -0.299. The third-order valence-corrected chi connectivity index (χ3v) is 2.73. The third kappa shape index (κ3) is 4.34. The highest BCUT2D eigenvalue weighted by molar-refractivity contribution is 5.87.